The normalized spacial score (nSPS) is 9.88. The Morgan fingerprint density at radius 2 is 2.31 bits per heavy atom. The Balaban J connectivity index is 2.24. The summed E-state index contributed by atoms with van der Waals surface area (Å²) in [5.74, 6) is 0.388. The van der Waals surface area contributed by atoms with E-state index < -0.39 is 0 Å². The van der Waals surface area contributed by atoms with Gasteiger partial charge >= 0.3 is 5.97 Å². The molecule has 0 saturated carbocycles. The predicted molar refractivity (Wildman–Crippen MR) is 56.9 cm³/mol. The van der Waals surface area contributed by atoms with Crippen molar-refractivity contribution in [3.63, 3.8) is 0 Å². The van der Waals surface area contributed by atoms with Gasteiger partial charge in [0.15, 0.2) is 0 Å². The minimum absolute atomic E-state index is 0.0807. The van der Waals surface area contributed by atoms with Gasteiger partial charge in [0, 0.05) is 6.42 Å². The highest BCUT2D eigenvalue weighted by atomic mass is 16.5. The van der Waals surface area contributed by atoms with Gasteiger partial charge in [0.2, 0.25) is 0 Å². The van der Waals surface area contributed by atoms with Gasteiger partial charge in [-0.1, -0.05) is 0 Å². The van der Waals surface area contributed by atoms with Crippen molar-refractivity contribution in [1.29, 1.82) is 0 Å². The highest BCUT2D eigenvalue weighted by molar-refractivity contribution is 5.68. The van der Waals surface area contributed by atoms with Crippen LogP contribution in [0.4, 0.5) is 0 Å². The second-order valence-corrected chi connectivity index (χ2v) is 3.17. The Kier molecular flexibility index (Phi) is 5.28. The molecule has 0 spiro atoms. The maximum atomic E-state index is 10.8. The number of carbonyl (C=O) groups is 1. The summed E-state index contributed by atoms with van der Waals surface area (Å²) in [6.07, 6.45) is 2.50. The Morgan fingerprint density at radius 1 is 1.50 bits per heavy atom. The van der Waals surface area contributed by atoms with Crippen LogP contribution in [0, 0.1) is 0 Å². The molecule has 0 aliphatic heterocycles. The molecule has 1 aromatic heterocycles. The number of esters is 1. The fraction of sp³-hybridized carbons (Fsp3) is 0.455. The number of ether oxygens (including phenoxy) is 2. The third-order valence-electron chi connectivity index (χ3n) is 1.98. The molecule has 88 valence electrons. The summed E-state index contributed by atoms with van der Waals surface area (Å²) in [6, 6.07) is 3.42. The summed E-state index contributed by atoms with van der Waals surface area (Å²) in [4.78, 5) is 14.7. The van der Waals surface area contributed by atoms with Crippen molar-refractivity contribution in [2.45, 2.75) is 19.4 Å². The molecule has 0 unspecified atom stereocenters. The number of hydrogen-bond acceptors (Lipinski definition) is 5. The van der Waals surface area contributed by atoms with E-state index in [1.54, 1.807) is 18.3 Å². The second-order valence-electron chi connectivity index (χ2n) is 3.17. The first-order chi connectivity index (χ1) is 7.76. The molecule has 1 rings (SSSR count). The van der Waals surface area contributed by atoms with Gasteiger partial charge in [-0.15, -0.1) is 0 Å². The molecule has 16 heavy (non-hydrogen) atoms. The topological polar surface area (TPSA) is 68.7 Å². The van der Waals surface area contributed by atoms with Crippen molar-refractivity contribution in [2.75, 3.05) is 13.7 Å². The molecule has 0 saturated heterocycles. The number of pyridine rings is 1. The van der Waals surface area contributed by atoms with E-state index in [2.05, 4.69) is 9.72 Å². The molecule has 0 aliphatic carbocycles. The van der Waals surface area contributed by atoms with E-state index in [-0.39, 0.29) is 12.6 Å². The summed E-state index contributed by atoms with van der Waals surface area (Å²) < 4.78 is 9.85. The molecular weight excluding hydrogens is 210 g/mol. The molecule has 0 aromatic carbocycles. The van der Waals surface area contributed by atoms with Crippen molar-refractivity contribution in [2.24, 2.45) is 0 Å². The summed E-state index contributed by atoms with van der Waals surface area (Å²) in [5, 5.41) is 8.78. The van der Waals surface area contributed by atoms with E-state index in [1.807, 2.05) is 0 Å². The zero-order valence-corrected chi connectivity index (χ0v) is 9.18. The van der Waals surface area contributed by atoms with Crippen LogP contribution in [-0.2, 0) is 16.1 Å². The van der Waals surface area contributed by atoms with Crippen molar-refractivity contribution < 1.29 is 19.4 Å². The van der Waals surface area contributed by atoms with Gasteiger partial charge in [0.25, 0.3) is 0 Å². The molecule has 0 fully saturated rings. The summed E-state index contributed by atoms with van der Waals surface area (Å²) in [6.45, 7) is 0.359. The maximum absolute atomic E-state index is 10.8. The molecule has 0 amide bonds. The minimum Gasteiger partial charge on any atom is -0.492 e. The number of rotatable bonds is 6. The molecule has 0 radical (unpaired) electrons. The quantitative estimate of drug-likeness (QED) is 0.575. The number of hydrogen-bond donors (Lipinski definition) is 1. The lowest BCUT2D eigenvalue weighted by Gasteiger charge is -2.05. The third kappa shape index (κ3) is 4.27. The molecule has 1 heterocycles. The van der Waals surface area contributed by atoms with Gasteiger partial charge in [-0.3, -0.25) is 9.78 Å². The van der Waals surface area contributed by atoms with Gasteiger partial charge < -0.3 is 14.6 Å². The summed E-state index contributed by atoms with van der Waals surface area (Å²) in [5.41, 5.74) is 0.599. The van der Waals surface area contributed by atoms with Crippen LogP contribution in [0.25, 0.3) is 0 Å². The van der Waals surface area contributed by atoms with Crippen molar-refractivity contribution in [3.05, 3.63) is 24.0 Å². The second kappa shape index (κ2) is 6.79. The lowest BCUT2D eigenvalue weighted by Crippen LogP contribution is -2.04. The Hall–Kier alpha value is -1.62. The van der Waals surface area contributed by atoms with Crippen molar-refractivity contribution in [1.82, 2.24) is 4.98 Å². The Morgan fingerprint density at radius 3 is 2.88 bits per heavy atom. The number of nitrogens with zero attached hydrogens (tertiary/aromatic N) is 1. The smallest absolute Gasteiger partial charge is 0.305 e. The van der Waals surface area contributed by atoms with Crippen LogP contribution >= 0.6 is 0 Å². The van der Waals surface area contributed by atoms with Gasteiger partial charge in [0.1, 0.15) is 5.75 Å². The number of methoxy groups -OCH3 is 1. The van der Waals surface area contributed by atoms with Crippen LogP contribution in [0.3, 0.4) is 0 Å². The highest BCUT2D eigenvalue weighted by Crippen LogP contribution is 2.09. The molecule has 0 bridgehead atoms. The van der Waals surface area contributed by atoms with Crippen molar-refractivity contribution in [3.8, 4) is 5.75 Å². The highest BCUT2D eigenvalue weighted by Gasteiger charge is 2.00. The first kappa shape index (κ1) is 12.4. The fourth-order valence-corrected chi connectivity index (χ4v) is 1.10. The average Bonchev–Trinajstić information content (AvgIpc) is 2.35. The monoisotopic (exact) mass is 225 g/mol. The standard InChI is InChI=1S/C11H15NO4/c1-15-11(14)3-2-6-16-10-5-4-9(8-13)12-7-10/h4-5,7,13H,2-3,6,8H2,1H3. The number of aliphatic hydroxyl groups is 1. The first-order valence-corrected chi connectivity index (χ1v) is 5.01. The Bertz CT molecular complexity index is 323. The van der Waals surface area contributed by atoms with E-state index in [0.717, 1.165) is 0 Å². The summed E-state index contributed by atoms with van der Waals surface area (Å²) >= 11 is 0. The zero-order chi connectivity index (χ0) is 11.8. The van der Waals surface area contributed by atoms with E-state index >= 15 is 0 Å². The predicted octanol–water partition coefficient (Wildman–Crippen LogP) is 0.906. The number of carbonyl (C=O) groups excluding carboxylic acids is 1. The molecule has 5 heteroatoms. The number of aliphatic hydroxyl groups excluding tert-OH is 1. The van der Waals surface area contributed by atoms with Gasteiger partial charge in [0.05, 0.1) is 32.2 Å². The largest absolute Gasteiger partial charge is 0.492 e. The van der Waals surface area contributed by atoms with Gasteiger partial charge in [-0.25, -0.2) is 0 Å². The average molecular weight is 225 g/mol. The third-order valence-corrected chi connectivity index (χ3v) is 1.98. The minimum atomic E-state index is -0.239. The SMILES string of the molecule is COC(=O)CCCOc1ccc(CO)nc1. The van der Waals surface area contributed by atoms with Crippen LogP contribution < -0.4 is 4.74 Å². The molecule has 0 atom stereocenters. The molecule has 1 aromatic rings. The molecule has 0 aliphatic rings. The van der Waals surface area contributed by atoms with E-state index in [4.69, 9.17) is 9.84 Å². The van der Waals surface area contributed by atoms with Crippen LogP contribution in [0.2, 0.25) is 0 Å². The lowest BCUT2D eigenvalue weighted by atomic mass is 10.3. The maximum Gasteiger partial charge on any atom is 0.305 e. The van der Waals surface area contributed by atoms with E-state index in [0.29, 0.717) is 30.9 Å². The zero-order valence-electron chi connectivity index (χ0n) is 9.18. The number of aromatic nitrogens is 1. The van der Waals surface area contributed by atoms with Crippen LogP contribution in [0.15, 0.2) is 18.3 Å². The van der Waals surface area contributed by atoms with Gasteiger partial charge in [-0.2, -0.15) is 0 Å². The van der Waals surface area contributed by atoms with Gasteiger partial charge in [-0.05, 0) is 18.6 Å². The van der Waals surface area contributed by atoms with Crippen LogP contribution in [0.1, 0.15) is 18.5 Å². The molecule has 5 nitrogen and oxygen atoms in total. The molecule has 1 N–H and O–H groups in total. The Labute approximate surface area is 94.0 Å². The van der Waals surface area contributed by atoms with Crippen LogP contribution in [0.5, 0.6) is 5.75 Å². The molecular formula is C11H15NO4. The van der Waals surface area contributed by atoms with Crippen molar-refractivity contribution >= 4 is 5.97 Å². The first-order valence-electron chi connectivity index (χ1n) is 5.01. The fourth-order valence-electron chi connectivity index (χ4n) is 1.10. The lowest BCUT2D eigenvalue weighted by molar-refractivity contribution is -0.140. The van der Waals surface area contributed by atoms with E-state index in [9.17, 15) is 4.79 Å². The van der Waals surface area contributed by atoms with Crippen LogP contribution in [-0.4, -0.2) is 29.8 Å². The summed E-state index contributed by atoms with van der Waals surface area (Å²) in [7, 11) is 1.36. The van der Waals surface area contributed by atoms with E-state index in [1.165, 1.54) is 7.11 Å².